The van der Waals surface area contributed by atoms with Crippen molar-refractivity contribution in [1.82, 2.24) is 4.90 Å². The zero-order valence-electron chi connectivity index (χ0n) is 18.4. The van der Waals surface area contributed by atoms with E-state index < -0.39 is 10.1 Å². The second-order valence-electron chi connectivity index (χ2n) is 7.21. The molecule has 0 radical (unpaired) electrons. The number of ether oxygens (including phenoxy) is 1. The van der Waals surface area contributed by atoms with Crippen molar-refractivity contribution in [1.29, 1.82) is 0 Å². The van der Waals surface area contributed by atoms with E-state index in [0.717, 1.165) is 0 Å². The summed E-state index contributed by atoms with van der Waals surface area (Å²) in [6, 6.07) is 10.0. The van der Waals surface area contributed by atoms with Gasteiger partial charge in [-0.3, -0.25) is 9.59 Å². The minimum atomic E-state index is -4.17. The van der Waals surface area contributed by atoms with Gasteiger partial charge in [0.2, 0.25) is 11.8 Å². The number of amides is 2. The molecule has 0 aromatic heterocycles. The van der Waals surface area contributed by atoms with Crippen molar-refractivity contribution in [3.05, 3.63) is 53.1 Å². The maximum atomic E-state index is 12.8. The molecular weight excluding hydrogens is 456 g/mol. The van der Waals surface area contributed by atoms with E-state index in [9.17, 15) is 18.0 Å². The van der Waals surface area contributed by atoms with Crippen LogP contribution in [0, 0.1) is 0 Å². The first-order chi connectivity index (χ1) is 15.1. The van der Waals surface area contributed by atoms with Crippen LogP contribution in [0.15, 0.2) is 47.4 Å². The van der Waals surface area contributed by atoms with Gasteiger partial charge in [-0.05, 0) is 55.8 Å². The molecule has 0 fully saturated rings. The highest BCUT2D eigenvalue weighted by molar-refractivity contribution is 7.87. The van der Waals surface area contributed by atoms with Crippen LogP contribution in [0.2, 0.25) is 5.02 Å². The average molecular weight is 483 g/mol. The van der Waals surface area contributed by atoms with E-state index in [0.29, 0.717) is 22.7 Å². The first-order valence-electron chi connectivity index (χ1n) is 9.96. The van der Waals surface area contributed by atoms with Crippen LogP contribution in [0.3, 0.4) is 0 Å². The molecule has 1 atom stereocenters. The molecule has 8 nitrogen and oxygen atoms in total. The Morgan fingerprint density at radius 1 is 1.16 bits per heavy atom. The van der Waals surface area contributed by atoms with Crippen LogP contribution in [0.25, 0.3) is 0 Å². The number of carbonyl (C=O) groups is 2. The second-order valence-corrected chi connectivity index (χ2v) is 9.19. The molecule has 2 rings (SSSR count). The summed E-state index contributed by atoms with van der Waals surface area (Å²) in [5.74, 6) is -0.431. The summed E-state index contributed by atoms with van der Waals surface area (Å²) in [5.41, 5.74) is 0.908. The molecule has 0 spiro atoms. The Morgan fingerprint density at radius 3 is 2.38 bits per heavy atom. The monoisotopic (exact) mass is 482 g/mol. The van der Waals surface area contributed by atoms with Crippen LogP contribution in [-0.4, -0.2) is 44.9 Å². The number of methoxy groups -OCH3 is 1. The lowest BCUT2D eigenvalue weighted by Gasteiger charge is -2.29. The van der Waals surface area contributed by atoms with Gasteiger partial charge in [-0.25, -0.2) is 0 Å². The average Bonchev–Trinajstić information content (AvgIpc) is 2.73. The molecule has 0 aliphatic rings. The molecule has 32 heavy (non-hydrogen) atoms. The Labute approximate surface area is 193 Å². The lowest BCUT2D eigenvalue weighted by atomic mass is 10.1. The van der Waals surface area contributed by atoms with Gasteiger partial charge in [-0.1, -0.05) is 18.5 Å². The molecule has 0 aliphatic carbocycles. The van der Waals surface area contributed by atoms with E-state index in [1.165, 1.54) is 50.4 Å². The molecule has 0 bridgehead atoms. The van der Waals surface area contributed by atoms with Crippen molar-refractivity contribution in [3.63, 3.8) is 0 Å². The Balaban J connectivity index is 2.34. The highest BCUT2D eigenvalue weighted by atomic mass is 35.5. The minimum Gasteiger partial charge on any atom is -0.379 e. The Morgan fingerprint density at radius 2 is 1.81 bits per heavy atom. The number of halogens is 1. The molecule has 0 saturated heterocycles. The van der Waals surface area contributed by atoms with E-state index in [-0.39, 0.29) is 41.7 Å². The van der Waals surface area contributed by atoms with Crippen LogP contribution in [-0.2, 0) is 31.0 Å². The van der Waals surface area contributed by atoms with Crippen molar-refractivity contribution in [2.75, 3.05) is 19.0 Å². The van der Waals surface area contributed by atoms with Crippen LogP contribution < -0.4 is 9.50 Å². The third kappa shape index (κ3) is 6.94. The minimum absolute atomic E-state index is 0.0684. The van der Waals surface area contributed by atoms with Crippen molar-refractivity contribution >= 4 is 39.2 Å². The zero-order valence-corrected chi connectivity index (χ0v) is 20.0. The number of hydrogen-bond donors (Lipinski definition) is 1. The highest BCUT2D eigenvalue weighted by Crippen LogP contribution is 2.28. The van der Waals surface area contributed by atoms with Crippen LogP contribution in [0.5, 0.6) is 5.75 Å². The van der Waals surface area contributed by atoms with Gasteiger partial charge in [-0.15, -0.1) is 0 Å². The molecule has 0 aliphatic heterocycles. The van der Waals surface area contributed by atoms with Gasteiger partial charge in [0.05, 0.1) is 0 Å². The van der Waals surface area contributed by atoms with Crippen LogP contribution >= 0.6 is 11.6 Å². The molecule has 0 heterocycles. The summed E-state index contributed by atoms with van der Waals surface area (Å²) in [6.07, 6.45) is 0.700. The van der Waals surface area contributed by atoms with E-state index in [1.54, 1.807) is 11.0 Å². The third-order valence-corrected chi connectivity index (χ3v) is 6.22. The molecule has 0 unspecified atom stereocenters. The number of rotatable bonds is 10. The Bertz CT molecular complexity index is 1060. The number of anilines is 1. The number of benzene rings is 2. The molecular formula is C22H27ClN2O6S. The zero-order chi connectivity index (χ0) is 23.9. The quantitative estimate of drug-likeness (QED) is 0.516. The highest BCUT2D eigenvalue weighted by Gasteiger charge is 2.24. The maximum Gasteiger partial charge on any atom is 0.339 e. The third-order valence-electron chi connectivity index (χ3n) is 4.74. The second kappa shape index (κ2) is 11.3. The van der Waals surface area contributed by atoms with Gasteiger partial charge >= 0.3 is 10.1 Å². The molecule has 2 aromatic carbocycles. The van der Waals surface area contributed by atoms with Gasteiger partial charge in [-0.2, -0.15) is 8.42 Å². The number of hydrogen-bond acceptors (Lipinski definition) is 6. The fraction of sp³-hybridized carbons (Fsp3) is 0.364. The Kier molecular flexibility index (Phi) is 9.06. The standard InChI is InChI=1S/C22H27ClN2O6S/c1-5-15(2)25(22(27)14-30-4)13-17-12-18(23)6-11-21(17)31-32(28,29)20-9-7-19(8-10-20)24-16(3)26/h6-12,15H,5,13-14H2,1-4H3,(H,24,26)/t15-/m1/s1. The smallest absolute Gasteiger partial charge is 0.339 e. The molecule has 1 N–H and O–H groups in total. The van der Waals surface area contributed by atoms with Crippen LogP contribution in [0.1, 0.15) is 32.8 Å². The van der Waals surface area contributed by atoms with Gasteiger partial charge in [0.25, 0.3) is 0 Å². The Hall–Kier alpha value is -2.62. The molecule has 0 saturated carbocycles. The maximum absolute atomic E-state index is 12.8. The summed E-state index contributed by atoms with van der Waals surface area (Å²) in [7, 11) is -2.73. The van der Waals surface area contributed by atoms with Gasteiger partial charge in [0.1, 0.15) is 17.3 Å². The van der Waals surface area contributed by atoms with Crippen molar-refractivity contribution in [2.45, 2.75) is 44.7 Å². The van der Waals surface area contributed by atoms with E-state index in [4.69, 9.17) is 20.5 Å². The first kappa shape index (κ1) is 25.6. The van der Waals surface area contributed by atoms with Gasteiger partial charge in [0.15, 0.2) is 0 Å². The first-order valence-corrected chi connectivity index (χ1v) is 11.7. The summed E-state index contributed by atoms with van der Waals surface area (Å²) < 4.78 is 36.1. The van der Waals surface area contributed by atoms with Crippen molar-refractivity contribution < 1.29 is 26.9 Å². The molecule has 2 aromatic rings. The molecule has 10 heteroatoms. The number of carbonyl (C=O) groups excluding carboxylic acids is 2. The van der Waals surface area contributed by atoms with E-state index in [2.05, 4.69) is 5.32 Å². The normalized spacial score (nSPS) is 12.2. The van der Waals surface area contributed by atoms with E-state index >= 15 is 0 Å². The predicted octanol–water partition coefficient (Wildman–Crippen LogP) is 3.84. The lowest BCUT2D eigenvalue weighted by molar-refractivity contribution is -0.138. The molecule has 174 valence electrons. The molecule has 2 amide bonds. The van der Waals surface area contributed by atoms with E-state index in [1.807, 2.05) is 13.8 Å². The number of nitrogens with zero attached hydrogens (tertiary/aromatic N) is 1. The summed E-state index contributed by atoms with van der Waals surface area (Å²) in [4.78, 5) is 25.2. The lowest BCUT2D eigenvalue weighted by Crippen LogP contribution is -2.40. The fourth-order valence-corrected chi connectivity index (χ4v) is 4.09. The predicted molar refractivity (Wildman–Crippen MR) is 122 cm³/mol. The summed E-state index contributed by atoms with van der Waals surface area (Å²) in [5, 5.41) is 2.95. The summed E-state index contributed by atoms with van der Waals surface area (Å²) >= 11 is 6.13. The number of nitrogens with one attached hydrogen (secondary N) is 1. The topological polar surface area (TPSA) is 102 Å². The van der Waals surface area contributed by atoms with Gasteiger partial charge in [0, 0.05) is 42.9 Å². The fourth-order valence-electron chi connectivity index (χ4n) is 2.93. The van der Waals surface area contributed by atoms with Gasteiger partial charge < -0.3 is 19.1 Å². The SMILES string of the molecule is CC[C@@H](C)N(Cc1cc(Cl)ccc1OS(=O)(=O)c1ccc(NC(C)=O)cc1)C(=O)COC. The van der Waals surface area contributed by atoms with Crippen molar-refractivity contribution in [2.24, 2.45) is 0 Å². The van der Waals surface area contributed by atoms with Crippen molar-refractivity contribution in [3.8, 4) is 5.75 Å². The summed E-state index contributed by atoms with van der Waals surface area (Å²) in [6.45, 7) is 5.20. The largest absolute Gasteiger partial charge is 0.379 e. The van der Waals surface area contributed by atoms with Crippen LogP contribution in [0.4, 0.5) is 5.69 Å².